The predicted molar refractivity (Wildman–Crippen MR) is 78.8 cm³/mol. The summed E-state index contributed by atoms with van der Waals surface area (Å²) in [6, 6.07) is 2.74. The molecule has 2 atom stereocenters. The highest BCUT2D eigenvalue weighted by molar-refractivity contribution is 5.95. The van der Waals surface area contributed by atoms with E-state index in [1.807, 2.05) is 11.8 Å². The zero-order valence-electron chi connectivity index (χ0n) is 12.1. The van der Waals surface area contributed by atoms with Crippen LogP contribution in [0.15, 0.2) is 12.1 Å². The lowest BCUT2D eigenvalue weighted by molar-refractivity contribution is 0.201. The van der Waals surface area contributed by atoms with Gasteiger partial charge in [0.05, 0.1) is 0 Å². The van der Waals surface area contributed by atoms with Crippen LogP contribution in [-0.4, -0.2) is 42.5 Å². The monoisotopic (exact) mass is 294 g/mol. The molecule has 0 amide bonds. The number of piperazine rings is 1. The molecule has 1 aromatic rings. The van der Waals surface area contributed by atoms with Crippen molar-refractivity contribution < 1.29 is 8.78 Å². The van der Waals surface area contributed by atoms with Gasteiger partial charge >= 0.3 is 0 Å². The lowest BCUT2D eigenvalue weighted by atomic mass is 10.1. The van der Waals surface area contributed by atoms with Gasteiger partial charge in [-0.3, -0.25) is 10.3 Å². The lowest BCUT2D eigenvalue weighted by Gasteiger charge is -2.43. The van der Waals surface area contributed by atoms with Crippen molar-refractivity contribution in [3.8, 4) is 0 Å². The number of rotatable bonds is 2. The largest absolute Gasteiger partial charge is 0.384 e. The number of hydrogen-bond donors (Lipinski definition) is 2. The molecule has 1 aromatic carbocycles. The standard InChI is InChI=1S/C15H20F2N4/c1-9-7-20-4-2-3-11(20)8-21(9)14-12(16)5-10(15(18)19)6-13(14)17/h5-6,9,11H,2-4,7-8H2,1H3,(H3,18,19). The van der Waals surface area contributed by atoms with Gasteiger partial charge in [-0.15, -0.1) is 0 Å². The van der Waals surface area contributed by atoms with E-state index in [2.05, 4.69) is 4.90 Å². The number of nitrogens with two attached hydrogens (primary N) is 1. The first-order valence-electron chi connectivity index (χ1n) is 7.31. The van der Waals surface area contributed by atoms with Crippen LogP contribution in [0.2, 0.25) is 0 Å². The number of halogens is 2. The number of hydrogen-bond acceptors (Lipinski definition) is 3. The van der Waals surface area contributed by atoms with Crippen molar-refractivity contribution in [3.63, 3.8) is 0 Å². The van der Waals surface area contributed by atoms with E-state index in [0.717, 1.165) is 38.1 Å². The van der Waals surface area contributed by atoms with E-state index < -0.39 is 11.6 Å². The molecule has 2 aliphatic heterocycles. The fraction of sp³-hybridized carbons (Fsp3) is 0.533. The van der Waals surface area contributed by atoms with E-state index >= 15 is 0 Å². The Morgan fingerprint density at radius 3 is 2.57 bits per heavy atom. The molecule has 2 fully saturated rings. The van der Waals surface area contributed by atoms with Crippen molar-refractivity contribution in [2.75, 3.05) is 24.5 Å². The quantitative estimate of drug-likeness (QED) is 0.647. The second-order valence-electron chi connectivity index (χ2n) is 5.99. The molecule has 0 aliphatic carbocycles. The van der Waals surface area contributed by atoms with Crippen molar-refractivity contribution >= 4 is 11.5 Å². The Hall–Kier alpha value is -1.69. The Kier molecular flexibility index (Phi) is 3.57. The van der Waals surface area contributed by atoms with Crippen LogP contribution < -0.4 is 10.6 Å². The van der Waals surface area contributed by atoms with Crippen LogP contribution in [0.1, 0.15) is 25.3 Å². The van der Waals surface area contributed by atoms with Gasteiger partial charge in [-0.25, -0.2) is 8.78 Å². The van der Waals surface area contributed by atoms with Crippen LogP contribution in [0.4, 0.5) is 14.5 Å². The van der Waals surface area contributed by atoms with E-state index in [1.54, 1.807) is 0 Å². The number of nitrogen functional groups attached to an aromatic ring is 1. The molecule has 0 aromatic heterocycles. The topological polar surface area (TPSA) is 56.4 Å². The van der Waals surface area contributed by atoms with Crippen LogP contribution in [0.3, 0.4) is 0 Å². The maximum absolute atomic E-state index is 14.3. The summed E-state index contributed by atoms with van der Waals surface area (Å²) in [7, 11) is 0. The number of fused-ring (bicyclic) bond motifs is 1. The third-order valence-corrected chi connectivity index (χ3v) is 4.55. The zero-order chi connectivity index (χ0) is 15.1. The van der Waals surface area contributed by atoms with E-state index in [4.69, 9.17) is 11.1 Å². The molecular formula is C15H20F2N4. The molecule has 2 aliphatic rings. The number of nitrogens with zero attached hydrogens (tertiary/aromatic N) is 2. The Morgan fingerprint density at radius 2 is 1.95 bits per heavy atom. The van der Waals surface area contributed by atoms with Gasteiger partial charge < -0.3 is 10.6 Å². The average molecular weight is 294 g/mol. The first-order valence-corrected chi connectivity index (χ1v) is 7.31. The summed E-state index contributed by atoms with van der Waals surface area (Å²) in [4.78, 5) is 4.22. The van der Waals surface area contributed by atoms with Gasteiger partial charge in [0, 0.05) is 30.7 Å². The molecule has 21 heavy (non-hydrogen) atoms. The Morgan fingerprint density at radius 1 is 1.29 bits per heavy atom. The van der Waals surface area contributed by atoms with Gasteiger partial charge in [-0.1, -0.05) is 0 Å². The maximum atomic E-state index is 14.3. The molecule has 2 heterocycles. The molecule has 0 bridgehead atoms. The third-order valence-electron chi connectivity index (χ3n) is 4.55. The summed E-state index contributed by atoms with van der Waals surface area (Å²) >= 11 is 0. The Labute approximate surface area is 123 Å². The highest BCUT2D eigenvalue weighted by atomic mass is 19.1. The minimum absolute atomic E-state index is 0.0130. The third kappa shape index (κ3) is 2.48. The lowest BCUT2D eigenvalue weighted by Crippen LogP contribution is -2.55. The summed E-state index contributed by atoms with van der Waals surface area (Å²) in [5.74, 6) is -1.61. The average Bonchev–Trinajstić information content (AvgIpc) is 2.84. The highest BCUT2D eigenvalue weighted by Gasteiger charge is 2.36. The molecule has 2 unspecified atom stereocenters. The van der Waals surface area contributed by atoms with Crippen molar-refractivity contribution in [1.29, 1.82) is 5.41 Å². The molecule has 3 rings (SSSR count). The van der Waals surface area contributed by atoms with Crippen LogP contribution >= 0.6 is 0 Å². The fourth-order valence-corrected chi connectivity index (χ4v) is 3.49. The Bertz CT molecular complexity index is 552. The van der Waals surface area contributed by atoms with Gasteiger partial charge in [-0.2, -0.15) is 0 Å². The maximum Gasteiger partial charge on any atom is 0.150 e. The second kappa shape index (κ2) is 5.26. The first kappa shape index (κ1) is 14.3. The zero-order valence-corrected chi connectivity index (χ0v) is 12.1. The first-order chi connectivity index (χ1) is 9.97. The molecule has 3 N–H and O–H groups in total. The van der Waals surface area contributed by atoms with Crippen LogP contribution in [-0.2, 0) is 0 Å². The number of benzene rings is 1. The predicted octanol–water partition coefficient (Wildman–Crippen LogP) is 1.92. The van der Waals surface area contributed by atoms with Gasteiger partial charge in [-0.05, 0) is 38.4 Å². The summed E-state index contributed by atoms with van der Waals surface area (Å²) in [5.41, 5.74) is 5.40. The van der Waals surface area contributed by atoms with Gasteiger partial charge in [0.15, 0.2) is 0 Å². The molecule has 6 heteroatoms. The fourth-order valence-electron chi connectivity index (χ4n) is 3.49. The summed E-state index contributed by atoms with van der Waals surface area (Å²) < 4.78 is 28.7. The molecule has 2 saturated heterocycles. The Balaban J connectivity index is 1.94. The van der Waals surface area contributed by atoms with Crippen LogP contribution in [0.25, 0.3) is 0 Å². The number of amidine groups is 1. The van der Waals surface area contributed by atoms with Crippen LogP contribution in [0.5, 0.6) is 0 Å². The second-order valence-corrected chi connectivity index (χ2v) is 5.99. The minimum Gasteiger partial charge on any atom is -0.384 e. The molecular weight excluding hydrogens is 274 g/mol. The van der Waals surface area contributed by atoms with Crippen molar-refractivity contribution in [2.24, 2.45) is 5.73 Å². The molecule has 0 spiro atoms. The van der Waals surface area contributed by atoms with Gasteiger partial charge in [0.1, 0.15) is 23.2 Å². The van der Waals surface area contributed by atoms with E-state index in [1.165, 1.54) is 0 Å². The smallest absolute Gasteiger partial charge is 0.150 e. The van der Waals surface area contributed by atoms with Crippen molar-refractivity contribution in [3.05, 3.63) is 29.3 Å². The van der Waals surface area contributed by atoms with E-state index in [0.29, 0.717) is 12.6 Å². The molecule has 0 radical (unpaired) electrons. The molecule has 4 nitrogen and oxygen atoms in total. The van der Waals surface area contributed by atoms with E-state index in [-0.39, 0.29) is 23.1 Å². The summed E-state index contributed by atoms with van der Waals surface area (Å²) in [5, 5.41) is 7.30. The summed E-state index contributed by atoms with van der Waals surface area (Å²) in [6.45, 7) is 4.55. The number of anilines is 1. The van der Waals surface area contributed by atoms with Crippen LogP contribution in [0, 0.1) is 17.0 Å². The van der Waals surface area contributed by atoms with Crippen molar-refractivity contribution in [1.82, 2.24) is 4.90 Å². The highest BCUT2D eigenvalue weighted by Crippen LogP contribution is 2.32. The number of nitrogens with one attached hydrogen (secondary N) is 1. The van der Waals surface area contributed by atoms with Gasteiger partial charge in [0.25, 0.3) is 0 Å². The molecule has 0 saturated carbocycles. The molecule has 114 valence electrons. The van der Waals surface area contributed by atoms with Crippen molar-refractivity contribution in [2.45, 2.75) is 31.8 Å². The summed E-state index contributed by atoms with van der Waals surface area (Å²) in [6.07, 6.45) is 2.23. The minimum atomic E-state index is -0.640. The SMILES string of the molecule is CC1CN2CCCC2CN1c1c(F)cc(C(=N)N)cc1F. The van der Waals surface area contributed by atoms with E-state index in [9.17, 15) is 8.78 Å². The van der Waals surface area contributed by atoms with Gasteiger partial charge in [0.2, 0.25) is 0 Å². The normalized spacial score (nSPS) is 26.0.